The Morgan fingerprint density at radius 2 is 1.93 bits per heavy atom. The molecule has 0 amide bonds. The summed E-state index contributed by atoms with van der Waals surface area (Å²) in [7, 11) is 0. The SMILES string of the molecule is N#Cc1nc2occc2c2occc12. The zero-order chi connectivity index (χ0) is 9.54. The van der Waals surface area contributed by atoms with Crippen molar-refractivity contribution in [3.05, 3.63) is 30.4 Å². The Bertz CT molecular complexity index is 657. The molecular formula is C10H4N2O2. The lowest BCUT2D eigenvalue weighted by molar-refractivity contribution is 0.600. The average molecular weight is 184 g/mol. The molecule has 4 heteroatoms. The first-order chi connectivity index (χ1) is 6.90. The van der Waals surface area contributed by atoms with Gasteiger partial charge in [0.1, 0.15) is 11.7 Å². The van der Waals surface area contributed by atoms with E-state index < -0.39 is 0 Å². The van der Waals surface area contributed by atoms with E-state index in [1.54, 1.807) is 18.4 Å². The molecule has 0 saturated heterocycles. The number of nitrogens with zero attached hydrogens (tertiary/aromatic N) is 2. The van der Waals surface area contributed by atoms with Crippen LogP contribution in [0.4, 0.5) is 0 Å². The van der Waals surface area contributed by atoms with Crippen molar-refractivity contribution in [1.29, 1.82) is 5.26 Å². The minimum Gasteiger partial charge on any atom is -0.463 e. The van der Waals surface area contributed by atoms with Crippen LogP contribution in [0.25, 0.3) is 22.1 Å². The molecule has 0 aliphatic heterocycles. The Morgan fingerprint density at radius 1 is 1.14 bits per heavy atom. The molecule has 0 bridgehead atoms. The molecular weight excluding hydrogens is 180 g/mol. The van der Waals surface area contributed by atoms with Gasteiger partial charge < -0.3 is 8.83 Å². The lowest BCUT2D eigenvalue weighted by Gasteiger charge is -1.92. The van der Waals surface area contributed by atoms with Crippen molar-refractivity contribution >= 4 is 22.1 Å². The van der Waals surface area contributed by atoms with Crippen LogP contribution in [-0.4, -0.2) is 4.98 Å². The fourth-order valence-corrected chi connectivity index (χ4v) is 1.51. The zero-order valence-corrected chi connectivity index (χ0v) is 7.02. The first kappa shape index (κ1) is 7.15. The number of hydrogen-bond donors (Lipinski definition) is 0. The third-order valence-electron chi connectivity index (χ3n) is 2.13. The van der Waals surface area contributed by atoms with E-state index in [1.165, 1.54) is 6.26 Å². The minimum absolute atomic E-state index is 0.330. The van der Waals surface area contributed by atoms with Crippen molar-refractivity contribution in [2.24, 2.45) is 0 Å². The Kier molecular flexibility index (Phi) is 1.21. The van der Waals surface area contributed by atoms with E-state index in [1.807, 2.05) is 6.07 Å². The van der Waals surface area contributed by atoms with E-state index in [9.17, 15) is 0 Å². The standard InChI is InChI=1S/C10H4N2O2/c11-5-8-6-1-3-13-9(6)7-2-4-14-10(7)12-8/h1-4H. The number of hydrogen-bond acceptors (Lipinski definition) is 4. The van der Waals surface area contributed by atoms with Crippen molar-refractivity contribution in [2.75, 3.05) is 0 Å². The number of nitriles is 1. The molecule has 3 heterocycles. The highest BCUT2D eigenvalue weighted by atomic mass is 16.3. The number of aromatic nitrogens is 1. The minimum atomic E-state index is 0.330. The van der Waals surface area contributed by atoms with Gasteiger partial charge in [0.05, 0.1) is 23.3 Å². The first-order valence-electron chi connectivity index (χ1n) is 4.04. The molecule has 0 atom stereocenters. The molecule has 0 aromatic carbocycles. The van der Waals surface area contributed by atoms with Crippen molar-refractivity contribution < 1.29 is 8.83 Å². The van der Waals surface area contributed by atoms with E-state index in [-0.39, 0.29) is 0 Å². The van der Waals surface area contributed by atoms with Crippen LogP contribution in [0.3, 0.4) is 0 Å². The van der Waals surface area contributed by atoms with Gasteiger partial charge in [-0.15, -0.1) is 0 Å². The summed E-state index contributed by atoms with van der Waals surface area (Å²) < 4.78 is 10.4. The summed E-state index contributed by atoms with van der Waals surface area (Å²) >= 11 is 0. The van der Waals surface area contributed by atoms with Gasteiger partial charge in [0.2, 0.25) is 5.71 Å². The van der Waals surface area contributed by atoms with Crippen molar-refractivity contribution in [3.63, 3.8) is 0 Å². The van der Waals surface area contributed by atoms with E-state index in [0.717, 1.165) is 10.8 Å². The number of fused-ring (bicyclic) bond motifs is 3. The molecule has 0 saturated carbocycles. The molecule has 0 fully saturated rings. The Labute approximate surface area is 78.4 Å². The van der Waals surface area contributed by atoms with Crippen LogP contribution in [0.5, 0.6) is 0 Å². The monoisotopic (exact) mass is 184 g/mol. The van der Waals surface area contributed by atoms with Gasteiger partial charge in [-0.05, 0) is 12.1 Å². The summed E-state index contributed by atoms with van der Waals surface area (Å²) in [4.78, 5) is 4.07. The van der Waals surface area contributed by atoms with Gasteiger partial charge in [0, 0.05) is 0 Å². The fourth-order valence-electron chi connectivity index (χ4n) is 1.51. The van der Waals surface area contributed by atoms with Gasteiger partial charge >= 0.3 is 0 Å². The number of rotatable bonds is 0. The molecule has 0 spiro atoms. The summed E-state index contributed by atoms with van der Waals surface area (Å²) in [5.74, 6) is 0. The summed E-state index contributed by atoms with van der Waals surface area (Å²) in [6, 6.07) is 5.51. The summed E-state index contributed by atoms with van der Waals surface area (Å²) in [5, 5.41) is 10.4. The highest BCUT2D eigenvalue weighted by Crippen LogP contribution is 2.27. The van der Waals surface area contributed by atoms with Crippen LogP contribution < -0.4 is 0 Å². The van der Waals surface area contributed by atoms with Crippen LogP contribution in [0.1, 0.15) is 5.69 Å². The van der Waals surface area contributed by atoms with Gasteiger partial charge in [-0.3, -0.25) is 0 Å². The molecule has 3 aromatic heterocycles. The van der Waals surface area contributed by atoms with Crippen LogP contribution in [-0.2, 0) is 0 Å². The molecule has 3 aromatic rings. The summed E-state index contributed by atoms with van der Waals surface area (Å²) in [6.07, 6.45) is 3.07. The molecule has 4 nitrogen and oxygen atoms in total. The van der Waals surface area contributed by atoms with Gasteiger partial charge in [0.15, 0.2) is 5.69 Å². The number of furan rings is 2. The number of pyridine rings is 1. The molecule has 0 aliphatic carbocycles. The van der Waals surface area contributed by atoms with Crippen molar-refractivity contribution in [1.82, 2.24) is 4.98 Å². The Balaban J connectivity index is 2.67. The fraction of sp³-hybridized carbons (Fsp3) is 0. The second kappa shape index (κ2) is 2.36. The third-order valence-corrected chi connectivity index (χ3v) is 2.13. The maximum atomic E-state index is 8.86. The van der Waals surface area contributed by atoms with E-state index in [2.05, 4.69) is 4.98 Å². The summed E-state index contributed by atoms with van der Waals surface area (Å²) in [5.41, 5.74) is 1.42. The maximum Gasteiger partial charge on any atom is 0.230 e. The average Bonchev–Trinajstić information content (AvgIpc) is 2.83. The van der Waals surface area contributed by atoms with Gasteiger partial charge in [-0.2, -0.15) is 5.26 Å². The lowest BCUT2D eigenvalue weighted by atomic mass is 10.2. The van der Waals surface area contributed by atoms with Crippen LogP contribution in [0, 0.1) is 11.3 Å². The molecule has 0 N–H and O–H groups in total. The van der Waals surface area contributed by atoms with Gasteiger partial charge in [-0.1, -0.05) is 0 Å². The highest BCUT2D eigenvalue weighted by molar-refractivity contribution is 6.02. The first-order valence-corrected chi connectivity index (χ1v) is 4.04. The molecule has 3 rings (SSSR count). The van der Waals surface area contributed by atoms with Crippen molar-refractivity contribution in [2.45, 2.75) is 0 Å². The van der Waals surface area contributed by atoms with E-state index >= 15 is 0 Å². The van der Waals surface area contributed by atoms with Crippen LogP contribution in [0.15, 0.2) is 33.5 Å². The predicted octanol–water partition coefficient (Wildman–Crippen LogP) is 2.45. The molecule has 0 unspecified atom stereocenters. The molecule has 0 radical (unpaired) electrons. The molecule has 14 heavy (non-hydrogen) atoms. The molecule has 66 valence electrons. The van der Waals surface area contributed by atoms with Crippen LogP contribution >= 0.6 is 0 Å². The second-order valence-electron chi connectivity index (χ2n) is 2.88. The maximum absolute atomic E-state index is 8.86. The largest absolute Gasteiger partial charge is 0.463 e. The normalized spacial score (nSPS) is 10.8. The topological polar surface area (TPSA) is 63.0 Å². The van der Waals surface area contributed by atoms with Gasteiger partial charge in [-0.25, -0.2) is 4.98 Å². The quantitative estimate of drug-likeness (QED) is 0.538. The Morgan fingerprint density at radius 3 is 2.79 bits per heavy atom. The molecule has 0 aliphatic rings. The van der Waals surface area contributed by atoms with Crippen LogP contribution in [0.2, 0.25) is 0 Å². The predicted molar refractivity (Wildman–Crippen MR) is 48.5 cm³/mol. The smallest absolute Gasteiger partial charge is 0.230 e. The van der Waals surface area contributed by atoms with Gasteiger partial charge in [0.25, 0.3) is 0 Å². The van der Waals surface area contributed by atoms with E-state index in [0.29, 0.717) is 17.0 Å². The lowest BCUT2D eigenvalue weighted by Crippen LogP contribution is -1.82. The second-order valence-corrected chi connectivity index (χ2v) is 2.88. The van der Waals surface area contributed by atoms with E-state index in [4.69, 9.17) is 14.1 Å². The highest BCUT2D eigenvalue weighted by Gasteiger charge is 2.11. The third kappa shape index (κ3) is 0.735. The summed E-state index contributed by atoms with van der Waals surface area (Å²) in [6.45, 7) is 0. The zero-order valence-electron chi connectivity index (χ0n) is 7.02. The Hall–Kier alpha value is -2.28. The van der Waals surface area contributed by atoms with Crippen molar-refractivity contribution in [3.8, 4) is 6.07 Å².